The molecule has 0 radical (unpaired) electrons. The molecule has 1 unspecified atom stereocenters. The van der Waals surface area contributed by atoms with E-state index in [0.717, 1.165) is 5.56 Å². The predicted octanol–water partition coefficient (Wildman–Crippen LogP) is 4.56. The number of carboxylic acids is 1. The van der Waals surface area contributed by atoms with E-state index in [1.807, 2.05) is 0 Å². The molecule has 202 valence electrons. The van der Waals surface area contributed by atoms with Crippen LogP contribution >= 0.6 is 0 Å². The summed E-state index contributed by atoms with van der Waals surface area (Å²) < 4.78 is 55.2. The minimum atomic E-state index is -4.86. The van der Waals surface area contributed by atoms with Gasteiger partial charge in [-0.15, -0.1) is 0 Å². The van der Waals surface area contributed by atoms with Crippen molar-refractivity contribution in [1.82, 2.24) is 19.7 Å². The van der Waals surface area contributed by atoms with Gasteiger partial charge in [-0.3, -0.25) is 5.41 Å². The predicted molar refractivity (Wildman–Crippen MR) is 135 cm³/mol. The Bertz CT molecular complexity index is 1520. The van der Waals surface area contributed by atoms with Crippen molar-refractivity contribution in [3.8, 4) is 28.6 Å². The van der Waals surface area contributed by atoms with E-state index in [0.29, 0.717) is 11.1 Å². The SMILES string of the molecule is COc1ccc(-n2cc(C)cn2)c(C(Oc2cc(-c3ccc(CC(=N)C(=O)O)cc3)nc(N)n2)C(F)(F)F)c1. The van der Waals surface area contributed by atoms with Crippen molar-refractivity contribution in [2.75, 3.05) is 12.8 Å². The van der Waals surface area contributed by atoms with Gasteiger partial charge in [0.25, 0.3) is 0 Å². The fraction of sp³-hybridized carbons (Fsp3) is 0.192. The first-order valence-corrected chi connectivity index (χ1v) is 11.4. The number of nitrogen functional groups attached to an aromatic ring is 1. The van der Waals surface area contributed by atoms with Gasteiger partial charge in [0, 0.05) is 29.8 Å². The number of carbonyl (C=O) groups is 1. The minimum absolute atomic E-state index is 0.0954. The third-order valence-corrected chi connectivity index (χ3v) is 5.62. The van der Waals surface area contributed by atoms with Gasteiger partial charge in [0.2, 0.25) is 17.9 Å². The average molecular weight is 541 g/mol. The molecule has 2 aromatic heterocycles. The Balaban J connectivity index is 1.71. The standard InChI is InChI=1S/C26H23F3N6O4/c1-14-12-32-35(13-14)21-8-7-17(38-2)10-18(21)23(26(27,28)29)39-22-11-20(33-25(31)34-22)16-5-3-15(4-6-16)9-19(30)24(36)37/h3-8,10-13,23,30H,9H2,1-2H3,(H,36,37)(H2,31,33,34). The van der Waals surface area contributed by atoms with E-state index in [-0.39, 0.29) is 35.1 Å². The maximum absolute atomic E-state index is 14.4. The smallest absolute Gasteiger partial charge is 0.429 e. The summed E-state index contributed by atoms with van der Waals surface area (Å²) in [7, 11) is 1.34. The molecule has 0 fully saturated rings. The molecule has 1 atom stereocenters. The molecule has 10 nitrogen and oxygen atoms in total. The first-order valence-electron chi connectivity index (χ1n) is 11.4. The zero-order valence-corrected chi connectivity index (χ0v) is 20.7. The number of ether oxygens (including phenoxy) is 2. The van der Waals surface area contributed by atoms with Crippen LogP contribution in [0.25, 0.3) is 16.9 Å². The van der Waals surface area contributed by atoms with Crippen LogP contribution in [-0.2, 0) is 11.2 Å². The molecule has 0 spiro atoms. The van der Waals surface area contributed by atoms with Gasteiger partial charge >= 0.3 is 12.1 Å². The topological polar surface area (TPSA) is 149 Å². The number of nitrogens with one attached hydrogen (secondary N) is 1. The number of aryl methyl sites for hydroxylation is 1. The number of aliphatic carboxylic acids is 1. The lowest BCUT2D eigenvalue weighted by atomic mass is 10.0. The number of nitrogens with zero attached hydrogens (tertiary/aromatic N) is 4. The number of hydrogen-bond acceptors (Lipinski definition) is 8. The second-order valence-corrected chi connectivity index (χ2v) is 8.53. The molecule has 0 saturated carbocycles. The van der Waals surface area contributed by atoms with Gasteiger partial charge in [-0.2, -0.15) is 23.3 Å². The largest absolute Gasteiger partial charge is 0.497 e. The van der Waals surface area contributed by atoms with Crippen LogP contribution in [0.2, 0.25) is 0 Å². The van der Waals surface area contributed by atoms with E-state index in [2.05, 4.69) is 15.1 Å². The number of carboxylic acid groups (broad SMARTS) is 1. The minimum Gasteiger partial charge on any atom is -0.497 e. The third-order valence-electron chi connectivity index (χ3n) is 5.62. The molecule has 13 heteroatoms. The van der Waals surface area contributed by atoms with Gasteiger partial charge in [0.15, 0.2) is 0 Å². The molecule has 2 heterocycles. The Labute approximate surface area is 220 Å². The lowest BCUT2D eigenvalue weighted by Crippen LogP contribution is -2.28. The van der Waals surface area contributed by atoms with Crippen molar-refractivity contribution in [3.63, 3.8) is 0 Å². The summed E-state index contributed by atoms with van der Waals surface area (Å²) in [6.45, 7) is 1.76. The third kappa shape index (κ3) is 6.32. The number of hydrogen-bond donors (Lipinski definition) is 3. The summed E-state index contributed by atoms with van der Waals surface area (Å²) in [4.78, 5) is 18.9. The quantitative estimate of drug-likeness (QED) is 0.262. The van der Waals surface area contributed by atoms with E-state index in [9.17, 15) is 18.0 Å². The fourth-order valence-electron chi connectivity index (χ4n) is 3.77. The molecule has 2 aromatic carbocycles. The lowest BCUT2D eigenvalue weighted by molar-refractivity contribution is -0.198. The van der Waals surface area contributed by atoms with Crippen molar-refractivity contribution in [1.29, 1.82) is 5.41 Å². The highest BCUT2D eigenvalue weighted by molar-refractivity contribution is 6.34. The van der Waals surface area contributed by atoms with Gasteiger partial charge in [-0.1, -0.05) is 24.3 Å². The Morgan fingerprint density at radius 2 is 1.87 bits per heavy atom. The van der Waals surface area contributed by atoms with Crippen LogP contribution in [0.15, 0.2) is 60.9 Å². The van der Waals surface area contributed by atoms with E-state index in [1.165, 1.54) is 42.3 Å². The van der Waals surface area contributed by atoms with Crippen LogP contribution in [-0.4, -0.2) is 49.8 Å². The highest BCUT2D eigenvalue weighted by Gasteiger charge is 2.45. The molecule has 4 rings (SSSR count). The zero-order chi connectivity index (χ0) is 28.3. The maximum atomic E-state index is 14.4. The fourth-order valence-corrected chi connectivity index (χ4v) is 3.77. The van der Waals surface area contributed by atoms with Crippen molar-refractivity contribution < 1.29 is 32.5 Å². The Kier molecular flexibility index (Phi) is 7.51. The van der Waals surface area contributed by atoms with Crippen LogP contribution in [0.4, 0.5) is 19.1 Å². The maximum Gasteiger partial charge on any atom is 0.429 e. The highest BCUT2D eigenvalue weighted by atomic mass is 19.4. The number of benzene rings is 2. The number of nitrogens with two attached hydrogens (primary N) is 1. The summed E-state index contributed by atoms with van der Waals surface area (Å²) in [6, 6.07) is 11.7. The molecule has 4 N–H and O–H groups in total. The molecule has 0 saturated heterocycles. The van der Waals surface area contributed by atoms with Crippen LogP contribution in [0, 0.1) is 12.3 Å². The number of alkyl halides is 3. The van der Waals surface area contributed by atoms with Gasteiger partial charge in [-0.25, -0.2) is 14.5 Å². The van der Waals surface area contributed by atoms with Crippen LogP contribution < -0.4 is 15.2 Å². The molecule has 4 aromatic rings. The van der Waals surface area contributed by atoms with Crippen LogP contribution in [0.3, 0.4) is 0 Å². The second-order valence-electron chi connectivity index (χ2n) is 8.53. The molecule has 0 bridgehead atoms. The van der Waals surface area contributed by atoms with Crippen molar-refractivity contribution in [2.24, 2.45) is 0 Å². The summed E-state index contributed by atoms with van der Waals surface area (Å²) in [5.74, 6) is -1.87. The van der Waals surface area contributed by atoms with Crippen molar-refractivity contribution in [2.45, 2.75) is 25.6 Å². The summed E-state index contributed by atoms with van der Waals surface area (Å²) in [5, 5.41) is 20.5. The highest BCUT2D eigenvalue weighted by Crippen LogP contribution is 2.40. The molecule has 39 heavy (non-hydrogen) atoms. The molecular weight excluding hydrogens is 517 g/mol. The molecule has 0 amide bonds. The van der Waals surface area contributed by atoms with E-state index in [4.69, 9.17) is 25.7 Å². The molecule has 0 aliphatic carbocycles. The van der Waals surface area contributed by atoms with Gasteiger partial charge in [-0.05, 0) is 36.2 Å². The Hall–Kier alpha value is -4.94. The number of halogens is 3. The zero-order valence-electron chi connectivity index (χ0n) is 20.7. The van der Waals surface area contributed by atoms with E-state index in [1.54, 1.807) is 37.4 Å². The summed E-state index contributed by atoms with van der Waals surface area (Å²) in [6.07, 6.45) is -4.31. The first-order chi connectivity index (χ1) is 18.4. The van der Waals surface area contributed by atoms with E-state index < -0.39 is 29.8 Å². The Morgan fingerprint density at radius 1 is 1.15 bits per heavy atom. The number of aromatic nitrogens is 4. The summed E-state index contributed by atoms with van der Waals surface area (Å²) in [5.41, 5.74) is 7.17. The second kappa shape index (κ2) is 10.8. The van der Waals surface area contributed by atoms with Crippen molar-refractivity contribution in [3.05, 3.63) is 77.6 Å². The Morgan fingerprint density at radius 3 is 2.46 bits per heavy atom. The molecular formula is C26H23F3N6O4. The van der Waals surface area contributed by atoms with E-state index >= 15 is 0 Å². The normalized spacial score (nSPS) is 12.1. The average Bonchev–Trinajstić information content (AvgIpc) is 3.32. The molecule has 0 aliphatic rings. The first kappa shape index (κ1) is 27.1. The lowest BCUT2D eigenvalue weighted by Gasteiger charge is -2.24. The summed E-state index contributed by atoms with van der Waals surface area (Å²) >= 11 is 0. The monoisotopic (exact) mass is 540 g/mol. The number of rotatable bonds is 9. The van der Waals surface area contributed by atoms with Gasteiger partial charge in [0.1, 0.15) is 11.5 Å². The molecule has 0 aliphatic heterocycles. The van der Waals surface area contributed by atoms with Gasteiger partial charge < -0.3 is 20.3 Å². The number of anilines is 1. The van der Waals surface area contributed by atoms with Crippen LogP contribution in [0.1, 0.15) is 22.8 Å². The van der Waals surface area contributed by atoms with Gasteiger partial charge in [0.05, 0.1) is 24.7 Å². The van der Waals surface area contributed by atoms with Crippen molar-refractivity contribution >= 4 is 17.6 Å². The van der Waals surface area contributed by atoms with Crippen LogP contribution in [0.5, 0.6) is 11.6 Å². The number of methoxy groups -OCH3 is 1.